The lowest BCUT2D eigenvalue weighted by atomic mass is 9.98. The van der Waals surface area contributed by atoms with Crippen molar-refractivity contribution in [1.82, 2.24) is 19.5 Å². The number of rotatable bonds is 6. The van der Waals surface area contributed by atoms with Gasteiger partial charge in [-0.2, -0.15) is 4.39 Å². The lowest BCUT2D eigenvalue weighted by molar-refractivity contribution is -0.112. The maximum atomic E-state index is 13.1. The Hall–Kier alpha value is -5.25. The van der Waals surface area contributed by atoms with Crippen LogP contribution in [0.15, 0.2) is 79.3 Å². The van der Waals surface area contributed by atoms with Gasteiger partial charge in [-0.15, -0.1) is 0 Å². The van der Waals surface area contributed by atoms with E-state index in [1.54, 1.807) is 37.3 Å². The van der Waals surface area contributed by atoms with Crippen molar-refractivity contribution in [3.63, 3.8) is 0 Å². The van der Waals surface area contributed by atoms with Crippen LogP contribution in [0.5, 0.6) is 17.2 Å². The van der Waals surface area contributed by atoms with Gasteiger partial charge in [-0.3, -0.25) is 4.79 Å². The third-order valence-electron chi connectivity index (χ3n) is 5.98. The number of carbonyl (C=O) groups is 1. The standard InChI is InChI=1S/C28H23FN6O3/c1-15(2)28(37)34-18-7-4-16(5-8-18)25-23(24-26(30)32-14-33-27(24)35(25)3)17-6-10-21(20(36)12-17)38-19-9-11-22(29)31-13-19/h4-14,36H,1H2,2-3H3,(H,34,37)(H2,30,32,33). The van der Waals surface area contributed by atoms with Gasteiger partial charge in [-0.05, 0) is 54.4 Å². The number of amides is 1. The number of ether oxygens (including phenoxy) is 1. The zero-order valence-electron chi connectivity index (χ0n) is 20.6. The lowest BCUT2D eigenvalue weighted by Gasteiger charge is -2.12. The van der Waals surface area contributed by atoms with E-state index in [-0.39, 0.29) is 29.0 Å². The first-order chi connectivity index (χ1) is 18.2. The summed E-state index contributed by atoms with van der Waals surface area (Å²) in [6.45, 7) is 5.30. The molecule has 2 aromatic carbocycles. The first-order valence-corrected chi connectivity index (χ1v) is 11.5. The molecule has 0 saturated heterocycles. The fourth-order valence-electron chi connectivity index (χ4n) is 4.15. The number of nitrogens with zero attached hydrogens (tertiary/aromatic N) is 4. The Balaban J connectivity index is 1.60. The number of benzene rings is 2. The number of aryl methyl sites for hydroxylation is 1. The summed E-state index contributed by atoms with van der Waals surface area (Å²) in [5.74, 6) is -0.299. The van der Waals surface area contributed by atoms with Gasteiger partial charge < -0.3 is 25.5 Å². The minimum absolute atomic E-state index is 0.136. The zero-order chi connectivity index (χ0) is 27.0. The van der Waals surface area contributed by atoms with Crippen LogP contribution in [-0.2, 0) is 11.8 Å². The number of phenols is 1. The fraction of sp³-hybridized carbons (Fsp3) is 0.0714. The molecule has 38 heavy (non-hydrogen) atoms. The van der Waals surface area contributed by atoms with Crippen LogP contribution in [0, 0.1) is 5.95 Å². The van der Waals surface area contributed by atoms with Crippen LogP contribution < -0.4 is 15.8 Å². The summed E-state index contributed by atoms with van der Waals surface area (Å²) in [4.78, 5) is 24.2. The summed E-state index contributed by atoms with van der Waals surface area (Å²) in [7, 11) is 1.86. The third-order valence-corrected chi connectivity index (χ3v) is 5.98. The number of hydrogen-bond donors (Lipinski definition) is 3. The predicted molar refractivity (Wildman–Crippen MR) is 143 cm³/mol. The molecule has 0 unspecified atom stereocenters. The Morgan fingerprint density at radius 1 is 1.08 bits per heavy atom. The average Bonchev–Trinajstić information content (AvgIpc) is 3.20. The van der Waals surface area contributed by atoms with E-state index < -0.39 is 5.95 Å². The lowest BCUT2D eigenvalue weighted by Crippen LogP contribution is -2.11. The molecule has 0 aliphatic heterocycles. The largest absolute Gasteiger partial charge is 0.504 e. The van der Waals surface area contributed by atoms with E-state index in [1.165, 1.54) is 24.7 Å². The molecule has 0 radical (unpaired) electrons. The van der Waals surface area contributed by atoms with Crippen molar-refractivity contribution in [2.24, 2.45) is 7.05 Å². The quantitative estimate of drug-likeness (QED) is 0.205. The van der Waals surface area contributed by atoms with E-state index in [2.05, 4.69) is 26.8 Å². The molecule has 0 aliphatic carbocycles. The Labute approximate surface area is 217 Å². The molecule has 190 valence electrons. The second kappa shape index (κ2) is 9.66. The van der Waals surface area contributed by atoms with Gasteiger partial charge in [-0.25, -0.2) is 15.0 Å². The van der Waals surface area contributed by atoms with Crippen LogP contribution in [-0.4, -0.2) is 30.5 Å². The topological polar surface area (TPSA) is 128 Å². The summed E-state index contributed by atoms with van der Waals surface area (Å²) < 4.78 is 20.7. The zero-order valence-corrected chi connectivity index (χ0v) is 20.6. The number of phenolic OH excluding ortho intramolecular Hbond substituents is 1. The van der Waals surface area contributed by atoms with E-state index in [4.69, 9.17) is 10.5 Å². The molecule has 0 spiro atoms. The van der Waals surface area contributed by atoms with Gasteiger partial charge in [0.25, 0.3) is 5.91 Å². The number of hydrogen-bond acceptors (Lipinski definition) is 7. The summed E-state index contributed by atoms with van der Waals surface area (Å²) in [5, 5.41) is 14.2. The van der Waals surface area contributed by atoms with Crippen molar-refractivity contribution in [2.45, 2.75) is 6.92 Å². The molecule has 0 bridgehead atoms. The smallest absolute Gasteiger partial charge is 0.250 e. The van der Waals surface area contributed by atoms with E-state index in [1.807, 2.05) is 23.7 Å². The second-order valence-corrected chi connectivity index (χ2v) is 8.65. The third kappa shape index (κ3) is 4.50. The molecule has 3 heterocycles. The van der Waals surface area contributed by atoms with Crippen molar-refractivity contribution in [3.05, 3.63) is 85.2 Å². The maximum Gasteiger partial charge on any atom is 0.250 e. The van der Waals surface area contributed by atoms with Gasteiger partial charge in [0.05, 0.1) is 17.3 Å². The number of fused-ring (bicyclic) bond motifs is 1. The number of halogens is 1. The Morgan fingerprint density at radius 2 is 1.82 bits per heavy atom. The highest BCUT2D eigenvalue weighted by molar-refractivity contribution is 6.08. The first kappa shape index (κ1) is 24.4. The molecule has 0 aliphatic rings. The van der Waals surface area contributed by atoms with Crippen LogP contribution >= 0.6 is 0 Å². The molecule has 5 aromatic rings. The molecular weight excluding hydrogens is 487 g/mol. The number of pyridine rings is 1. The Morgan fingerprint density at radius 3 is 2.47 bits per heavy atom. The number of aromatic hydroxyl groups is 1. The van der Waals surface area contributed by atoms with Gasteiger partial charge in [0.2, 0.25) is 5.95 Å². The van der Waals surface area contributed by atoms with E-state index >= 15 is 0 Å². The Bertz CT molecular complexity index is 1700. The molecule has 4 N–H and O–H groups in total. The highest BCUT2D eigenvalue weighted by atomic mass is 19.1. The van der Waals surface area contributed by atoms with E-state index in [0.29, 0.717) is 33.4 Å². The average molecular weight is 511 g/mol. The summed E-state index contributed by atoms with van der Waals surface area (Å²) >= 11 is 0. The molecule has 3 aromatic heterocycles. The highest BCUT2D eigenvalue weighted by Crippen LogP contribution is 2.44. The first-order valence-electron chi connectivity index (χ1n) is 11.5. The van der Waals surface area contributed by atoms with Crippen molar-refractivity contribution in [2.75, 3.05) is 11.1 Å². The van der Waals surface area contributed by atoms with E-state index in [9.17, 15) is 14.3 Å². The molecular formula is C28H23FN6O3. The summed E-state index contributed by atoms with van der Waals surface area (Å²) in [5.41, 5.74) is 10.9. The summed E-state index contributed by atoms with van der Waals surface area (Å²) in [6.07, 6.45) is 2.62. The SMILES string of the molecule is C=C(C)C(=O)Nc1ccc(-c2c(-c3ccc(Oc4ccc(F)nc4)c(O)c3)c3c(N)ncnc3n2C)cc1. The number of aromatic nitrogens is 4. The van der Waals surface area contributed by atoms with Crippen molar-refractivity contribution < 1.29 is 19.0 Å². The van der Waals surface area contributed by atoms with Crippen molar-refractivity contribution in [1.29, 1.82) is 0 Å². The van der Waals surface area contributed by atoms with Gasteiger partial charge in [0.15, 0.2) is 11.5 Å². The molecule has 1 amide bonds. The van der Waals surface area contributed by atoms with Crippen LogP contribution in [0.1, 0.15) is 6.92 Å². The van der Waals surface area contributed by atoms with Gasteiger partial charge in [-0.1, -0.05) is 24.8 Å². The summed E-state index contributed by atoms with van der Waals surface area (Å²) in [6, 6.07) is 14.8. The molecule has 10 heteroatoms. The fourth-order valence-corrected chi connectivity index (χ4v) is 4.15. The second-order valence-electron chi connectivity index (χ2n) is 8.65. The minimum atomic E-state index is -0.633. The van der Waals surface area contributed by atoms with Gasteiger partial charge >= 0.3 is 0 Å². The van der Waals surface area contributed by atoms with Crippen LogP contribution in [0.25, 0.3) is 33.4 Å². The predicted octanol–water partition coefficient (Wildman–Crippen LogP) is 5.43. The van der Waals surface area contributed by atoms with Gasteiger partial charge in [0.1, 0.15) is 23.5 Å². The molecule has 0 atom stereocenters. The van der Waals surface area contributed by atoms with Crippen LogP contribution in [0.2, 0.25) is 0 Å². The molecule has 0 saturated carbocycles. The number of carbonyl (C=O) groups excluding carboxylic acids is 1. The number of nitrogens with two attached hydrogens (primary N) is 1. The number of nitrogen functional groups attached to an aromatic ring is 1. The Kier molecular flexibility index (Phi) is 6.21. The molecule has 0 fully saturated rings. The molecule has 9 nitrogen and oxygen atoms in total. The van der Waals surface area contributed by atoms with Crippen molar-refractivity contribution >= 4 is 28.4 Å². The van der Waals surface area contributed by atoms with Gasteiger partial charge in [0, 0.05) is 23.9 Å². The van der Waals surface area contributed by atoms with Crippen LogP contribution in [0.4, 0.5) is 15.9 Å². The number of nitrogens with one attached hydrogen (secondary N) is 1. The molecule has 5 rings (SSSR count). The highest BCUT2D eigenvalue weighted by Gasteiger charge is 2.23. The minimum Gasteiger partial charge on any atom is -0.504 e. The number of anilines is 2. The van der Waals surface area contributed by atoms with E-state index in [0.717, 1.165) is 11.3 Å². The van der Waals surface area contributed by atoms with Crippen molar-refractivity contribution in [3.8, 4) is 39.6 Å². The monoisotopic (exact) mass is 510 g/mol. The maximum absolute atomic E-state index is 13.1. The normalized spacial score (nSPS) is 10.9. The van der Waals surface area contributed by atoms with Crippen LogP contribution in [0.3, 0.4) is 0 Å².